The van der Waals surface area contributed by atoms with Crippen LogP contribution >= 0.6 is 0 Å². The number of furan rings is 1. The molecule has 1 aromatic heterocycles. The number of hydrogen-bond donors (Lipinski definition) is 1. The van der Waals surface area contributed by atoms with Crippen LogP contribution in [0.4, 0.5) is 0 Å². The van der Waals surface area contributed by atoms with E-state index in [2.05, 4.69) is 36.1 Å². The maximum absolute atomic E-state index is 10.3. The molecule has 0 aliphatic carbocycles. The van der Waals surface area contributed by atoms with E-state index in [1.54, 1.807) is 12.3 Å². The van der Waals surface area contributed by atoms with Gasteiger partial charge in [-0.25, -0.2) is 0 Å². The third-order valence-electron chi connectivity index (χ3n) is 4.18. The van der Waals surface area contributed by atoms with Gasteiger partial charge in [0.2, 0.25) is 0 Å². The van der Waals surface area contributed by atoms with Gasteiger partial charge >= 0.3 is 0 Å². The molecule has 2 atom stereocenters. The summed E-state index contributed by atoms with van der Waals surface area (Å²) in [4.78, 5) is 2.39. The van der Waals surface area contributed by atoms with Crippen molar-refractivity contribution in [3.8, 4) is 0 Å². The smallest absolute Gasteiger partial charge is 0.132 e. The van der Waals surface area contributed by atoms with Gasteiger partial charge in [0.25, 0.3) is 0 Å². The summed E-state index contributed by atoms with van der Waals surface area (Å²) in [5.74, 6) is 0.626. The van der Waals surface area contributed by atoms with E-state index in [9.17, 15) is 5.11 Å². The molecular formula is C18H23NO3. The largest absolute Gasteiger partial charge is 0.467 e. The van der Waals surface area contributed by atoms with Crippen molar-refractivity contribution < 1.29 is 14.3 Å². The third kappa shape index (κ3) is 3.77. The van der Waals surface area contributed by atoms with Crippen LogP contribution in [-0.2, 0) is 11.3 Å². The summed E-state index contributed by atoms with van der Waals surface area (Å²) in [5, 5.41) is 10.3. The van der Waals surface area contributed by atoms with Gasteiger partial charge in [-0.15, -0.1) is 0 Å². The average Bonchev–Trinajstić information content (AvgIpc) is 3.04. The highest BCUT2D eigenvalue weighted by atomic mass is 16.5. The van der Waals surface area contributed by atoms with Gasteiger partial charge < -0.3 is 14.3 Å². The maximum Gasteiger partial charge on any atom is 0.132 e. The van der Waals surface area contributed by atoms with Crippen LogP contribution in [0.25, 0.3) is 0 Å². The predicted octanol–water partition coefficient (Wildman–Crippen LogP) is 2.91. The standard InChI is InChI=1S/C18H23NO3/c1-14-4-2-5-15(10-14)12-19-7-9-21-13-16(19)11-17(20)18-6-3-8-22-18/h2-6,8,10,16-17,20H,7,9,11-13H2,1H3. The lowest BCUT2D eigenvalue weighted by atomic mass is 10.0. The number of ether oxygens (including phenoxy) is 1. The van der Waals surface area contributed by atoms with Crippen molar-refractivity contribution in [2.75, 3.05) is 19.8 Å². The van der Waals surface area contributed by atoms with E-state index in [1.807, 2.05) is 6.07 Å². The Balaban J connectivity index is 1.66. The van der Waals surface area contributed by atoms with Crippen LogP contribution in [0.15, 0.2) is 47.1 Å². The van der Waals surface area contributed by atoms with Crippen molar-refractivity contribution in [3.05, 3.63) is 59.5 Å². The van der Waals surface area contributed by atoms with Crippen LogP contribution in [0.5, 0.6) is 0 Å². The zero-order valence-electron chi connectivity index (χ0n) is 12.9. The summed E-state index contributed by atoms with van der Waals surface area (Å²) in [6.45, 7) is 5.30. The number of aryl methyl sites for hydroxylation is 1. The van der Waals surface area contributed by atoms with Crippen molar-refractivity contribution in [1.29, 1.82) is 0 Å². The second kappa shape index (κ2) is 7.09. The van der Waals surface area contributed by atoms with E-state index in [1.165, 1.54) is 11.1 Å². The molecular weight excluding hydrogens is 278 g/mol. The Hall–Kier alpha value is -1.62. The zero-order valence-corrected chi connectivity index (χ0v) is 12.9. The minimum absolute atomic E-state index is 0.203. The number of aliphatic hydroxyl groups is 1. The number of aliphatic hydroxyl groups excluding tert-OH is 1. The molecule has 1 N–H and O–H groups in total. The Bertz CT molecular complexity index is 582. The van der Waals surface area contributed by atoms with Crippen molar-refractivity contribution >= 4 is 0 Å². The Morgan fingerprint density at radius 2 is 2.23 bits per heavy atom. The summed E-state index contributed by atoms with van der Waals surface area (Å²) in [5.41, 5.74) is 2.58. The molecule has 2 heterocycles. The summed E-state index contributed by atoms with van der Waals surface area (Å²) in [6, 6.07) is 12.4. The quantitative estimate of drug-likeness (QED) is 0.922. The fraction of sp³-hybridized carbons (Fsp3) is 0.444. The minimum Gasteiger partial charge on any atom is -0.467 e. The van der Waals surface area contributed by atoms with E-state index in [0.29, 0.717) is 18.8 Å². The number of benzene rings is 1. The molecule has 118 valence electrons. The minimum atomic E-state index is -0.582. The van der Waals surface area contributed by atoms with Crippen LogP contribution in [-0.4, -0.2) is 35.8 Å². The van der Waals surface area contributed by atoms with Gasteiger partial charge in [0.05, 0.1) is 19.5 Å². The van der Waals surface area contributed by atoms with Crippen LogP contribution in [0, 0.1) is 6.92 Å². The molecule has 1 aromatic carbocycles. The monoisotopic (exact) mass is 301 g/mol. The van der Waals surface area contributed by atoms with E-state index < -0.39 is 6.10 Å². The van der Waals surface area contributed by atoms with Crippen LogP contribution < -0.4 is 0 Å². The molecule has 22 heavy (non-hydrogen) atoms. The molecule has 0 amide bonds. The first kappa shape index (κ1) is 15.3. The molecule has 0 radical (unpaired) electrons. The summed E-state index contributed by atoms with van der Waals surface area (Å²) < 4.78 is 10.9. The SMILES string of the molecule is Cc1cccc(CN2CCOCC2CC(O)c2ccco2)c1. The van der Waals surface area contributed by atoms with Gasteiger partial charge in [-0.3, -0.25) is 4.90 Å². The van der Waals surface area contributed by atoms with E-state index >= 15 is 0 Å². The molecule has 2 unspecified atom stereocenters. The first-order valence-electron chi connectivity index (χ1n) is 7.81. The van der Waals surface area contributed by atoms with Crippen molar-refractivity contribution in [2.24, 2.45) is 0 Å². The second-order valence-corrected chi connectivity index (χ2v) is 5.96. The summed E-state index contributed by atoms with van der Waals surface area (Å²) in [7, 11) is 0. The third-order valence-corrected chi connectivity index (χ3v) is 4.18. The van der Waals surface area contributed by atoms with Gasteiger partial charge in [0, 0.05) is 19.1 Å². The molecule has 4 heteroatoms. The Kier molecular flexibility index (Phi) is 4.93. The highest BCUT2D eigenvalue weighted by Crippen LogP contribution is 2.24. The first-order chi connectivity index (χ1) is 10.7. The average molecular weight is 301 g/mol. The number of morpholine rings is 1. The lowest BCUT2D eigenvalue weighted by molar-refractivity contribution is -0.0323. The van der Waals surface area contributed by atoms with Crippen LogP contribution in [0.2, 0.25) is 0 Å². The fourth-order valence-corrected chi connectivity index (χ4v) is 3.01. The molecule has 2 aromatic rings. The number of hydrogen-bond acceptors (Lipinski definition) is 4. The van der Waals surface area contributed by atoms with Crippen molar-refractivity contribution in [2.45, 2.75) is 32.0 Å². The van der Waals surface area contributed by atoms with E-state index in [-0.39, 0.29) is 6.04 Å². The summed E-state index contributed by atoms with van der Waals surface area (Å²) in [6.07, 6.45) is 1.64. The second-order valence-electron chi connectivity index (χ2n) is 5.96. The number of nitrogens with zero attached hydrogens (tertiary/aromatic N) is 1. The maximum atomic E-state index is 10.3. The van der Waals surface area contributed by atoms with Crippen LogP contribution in [0.1, 0.15) is 29.4 Å². The van der Waals surface area contributed by atoms with E-state index in [4.69, 9.17) is 9.15 Å². The van der Waals surface area contributed by atoms with Gasteiger partial charge in [0.1, 0.15) is 11.9 Å². The molecule has 1 aliphatic heterocycles. The van der Waals surface area contributed by atoms with Gasteiger partial charge in [-0.05, 0) is 31.0 Å². The summed E-state index contributed by atoms with van der Waals surface area (Å²) >= 11 is 0. The number of rotatable bonds is 5. The van der Waals surface area contributed by atoms with Crippen molar-refractivity contribution in [3.63, 3.8) is 0 Å². The molecule has 0 saturated carbocycles. The van der Waals surface area contributed by atoms with E-state index in [0.717, 1.165) is 19.7 Å². The topological polar surface area (TPSA) is 45.8 Å². The molecule has 0 bridgehead atoms. The first-order valence-corrected chi connectivity index (χ1v) is 7.81. The predicted molar refractivity (Wildman–Crippen MR) is 84.5 cm³/mol. The van der Waals surface area contributed by atoms with Gasteiger partial charge in [-0.1, -0.05) is 29.8 Å². The molecule has 1 fully saturated rings. The molecule has 4 nitrogen and oxygen atoms in total. The lowest BCUT2D eigenvalue weighted by Crippen LogP contribution is -2.45. The van der Waals surface area contributed by atoms with Crippen LogP contribution in [0.3, 0.4) is 0 Å². The highest BCUT2D eigenvalue weighted by molar-refractivity contribution is 5.22. The van der Waals surface area contributed by atoms with Gasteiger partial charge in [0.15, 0.2) is 0 Å². The Morgan fingerprint density at radius 3 is 3.00 bits per heavy atom. The normalized spacial score (nSPS) is 20.9. The Labute approximate surface area is 131 Å². The lowest BCUT2D eigenvalue weighted by Gasteiger charge is -2.36. The molecule has 1 saturated heterocycles. The molecule has 3 rings (SSSR count). The van der Waals surface area contributed by atoms with Gasteiger partial charge in [-0.2, -0.15) is 0 Å². The fourth-order valence-electron chi connectivity index (χ4n) is 3.01. The zero-order chi connectivity index (χ0) is 15.4. The van der Waals surface area contributed by atoms with Crippen molar-refractivity contribution in [1.82, 2.24) is 4.90 Å². The molecule has 1 aliphatic rings. The highest BCUT2D eigenvalue weighted by Gasteiger charge is 2.26. The molecule has 0 spiro atoms. The Morgan fingerprint density at radius 1 is 1.32 bits per heavy atom.